The summed E-state index contributed by atoms with van der Waals surface area (Å²) in [5, 5.41) is 6.84. The van der Waals surface area contributed by atoms with Crippen molar-refractivity contribution in [2.24, 2.45) is 0 Å². The Morgan fingerprint density at radius 3 is 2.62 bits per heavy atom. The van der Waals surface area contributed by atoms with Gasteiger partial charge in [0, 0.05) is 5.02 Å². The first kappa shape index (κ1) is 17.0. The average Bonchev–Trinajstić information content (AvgIpc) is 3.15. The first-order valence-corrected chi connectivity index (χ1v) is 9.96. The highest BCUT2D eigenvalue weighted by atomic mass is 35.5. The molecule has 1 N–H and O–H groups in total. The van der Waals surface area contributed by atoms with Crippen molar-refractivity contribution in [3.63, 3.8) is 0 Å². The topological polar surface area (TPSA) is 64.0 Å². The summed E-state index contributed by atoms with van der Waals surface area (Å²) in [7, 11) is -3.59. The molecule has 0 spiro atoms. The lowest BCUT2D eigenvalue weighted by Crippen LogP contribution is -2.13. The van der Waals surface area contributed by atoms with Crippen molar-refractivity contribution in [2.45, 2.75) is 24.6 Å². The molecule has 1 aromatic carbocycles. The van der Waals surface area contributed by atoms with Gasteiger partial charge in [-0.1, -0.05) is 35.9 Å². The second-order valence-electron chi connectivity index (χ2n) is 5.33. The SMILES string of the molecule is Cc1nn(Cc2ccccc2Cl)c(C)c1NS(=O)(=O)c1cccs1. The van der Waals surface area contributed by atoms with Gasteiger partial charge >= 0.3 is 0 Å². The van der Waals surface area contributed by atoms with E-state index < -0.39 is 10.0 Å². The number of aryl methyl sites for hydroxylation is 1. The Kier molecular flexibility index (Phi) is 4.67. The molecule has 0 amide bonds. The lowest BCUT2D eigenvalue weighted by Gasteiger charge is -2.09. The zero-order valence-corrected chi connectivity index (χ0v) is 15.5. The van der Waals surface area contributed by atoms with Crippen molar-refractivity contribution in [1.29, 1.82) is 0 Å². The quantitative estimate of drug-likeness (QED) is 0.724. The number of thiophene rings is 1. The maximum Gasteiger partial charge on any atom is 0.271 e. The van der Waals surface area contributed by atoms with Gasteiger partial charge in [-0.2, -0.15) is 5.10 Å². The van der Waals surface area contributed by atoms with Crippen molar-refractivity contribution in [3.05, 3.63) is 63.8 Å². The van der Waals surface area contributed by atoms with Crippen LogP contribution < -0.4 is 4.72 Å². The van der Waals surface area contributed by atoms with Crippen LogP contribution in [-0.4, -0.2) is 18.2 Å². The first-order valence-electron chi connectivity index (χ1n) is 7.22. The third kappa shape index (κ3) is 3.33. The summed E-state index contributed by atoms with van der Waals surface area (Å²) in [5.74, 6) is 0. The molecule has 0 aliphatic carbocycles. The molecular formula is C16H16ClN3O2S2. The number of halogens is 1. The van der Waals surface area contributed by atoms with Crippen LogP contribution in [0.25, 0.3) is 0 Å². The van der Waals surface area contributed by atoms with E-state index >= 15 is 0 Å². The number of hydrogen-bond acceptors (Lipinski definition) is 4. The Labute approximate surface area is 150 Å². The van der Waals surface area contributed by atoms with Crippen LogP contribution in [0.2, 0.25) is 5.02 Å². The highest BCUT2D eigenvalue weighted by Crippen LogP contribution is 2.26. The summed E-state index contributed by atoms with van der Waals surface area (Å²) in [6.07, 6.45) is 0. The third-order valence-electron chi connectivity index (χ3n) is 3.66. The number of sulfonamides is 1. The highest BCUT2D eigenvalue weighted by molar-refractivity contribution is 7.94. The predicted octanol–water partition coefficient (Wildman–Crippen LogP) is 4.06. The van der Waals surface area contributed by atoms with E-state index in [1.54, 1.807) is 29.1 Å². The molecule has 24 heavy (non-hydrogen) atoms. The van der Waals surface area contributed by atoms with E-state index in [4.69, 9.17) is 11.6 Å². The van der Waals surface area contributed by atoms with Crippen molar-refractivity contribution in [3.8, 4) is 0 Å². The lowest BCUT2D eigenvalue weighted by atomic mass is 10.2. The van der Waals surface area contributed by atoms with E-state index in [1.807, 2.05) is 31.2 Å². The van der Waals surface area contributed by atoms with Crippen LogP contribution in [0.3, 0.4) is 0 Å². The largest absolute Gasteiger partial charge is 0.275 e. The molecule has 3 rings (SSSR count). The van der Waals surface area contributed by atoms with Crippen LogP contribution in [0, 0.1) is 13.8 Å². The number of anilines is 1. The monoisotopic (exact) mass is 381 g/mol. The summed E-state index contributed by atoms with van der Waals surface area (Å²) in [5.41, 5.74) is 2.81. The molecule has 0 aliphatic heterocycles. The van der Waals surface area contributed by atoms with Gasteiger partial charge in [0.25, 0.3) is 10.0 Å². The summed E-state index contributed by atoms with van der Waals surface area (Å²) in [4.78, 5) is 0. The van der Waals surface area contributed by atoms with Gasteiger partial charge in [-0.15, -0.1) is 11.3 Å². The zero-order chi connectivity index (χ0) is 17.3. The molecule has 0 saturated carbocycles. The third-order valence-corrected chi connectivity index (χ3v) is 6.77. The van der Waals surface area contributed by atoms with E-state index in [0.717, 1.165) is 11.3 Å². The molecule has 0 fully saturated rings. The molecule has 0 aliphatic rings. The van der Waals surface area contributed by atoms with Gasteiger partial charge in [-0.25, -0.2) is 8.42 Å². The fourth-order valence-corrected chi connectivity index (χ4v) is 4.75. The number of aromatic nitrogens is 2. The van der Waals surface area contributed by atoms with Crippen molar-refractivity contribution in [2.75, 3.05) is 4.72 Å². The standard InChI is InChI=1S/C16H16ClN3O2S2/c1-11-16(19-24(21,22)15-8-5-9-23-15)12(2)20(18-11)10-13-6-3-4-7-14(13)17/h3-9,19H,10H2,1-2H3. The molecule has 5 nitrogen and oxygen atoms in total. The summed E-state index contributed by atoms with van der Waals surface area (Å²) in [6.45, 7) is 4.10. The second-order valence-corrected chi connectivity index (χ2v) is 8.60. The Morgan fingerprint density at radius 2 is 1.96 bits per heavy atom. The zero-order valence-electron chi connectivity index (χ0n) is 13.2. The number of hydrogen-bond donors (Lipinski definition) is 1. The molecule has 0 bridgehead atoms. The fourth-order valence-electron chi connectivity index (χ4n) is 2.39. The predicted molar refractivity (Wildman–Crippen MR) is 97.4 cm³/mol. The van der Waals surface area contributed by atoms with Crippen LogP contribution in [0.5, 0.6) is 0 Å². The van der Waals surface area contributed by atoms with Crippen LogP contribution in [0.1, 0.15) is 17.0 Å². The van der Waals surface area contributed by atoms with E-state index in [0.29, 0.717) is 22.9 Å². The lowest BCUT2D eigenvalue weighted by molar-refractivity contribution is 0.603. The summed E-state index contributed by atoms with van der Waals surface area (Å²) >= 11 is 7.37. The van der Waals surface area contributed by atoms with Gasteiger partial charge in [0.1, 0.15) is 4.21 Å². The molecule has 2 aromatic heterocycles. The molecule has 2 heterocycles. The fraction of sp³-hybridized carbons (Fsp3) is 0.188. The van der Waals surface area contributed by atoms with Crippen LogP contribution >= 0.6 is 22.9 Å². The molecular weight excluding hydrogens is 366 g/mol. The van der Waals surface area contributed by atoms with Crippen molar-refractivity contribution in [1.82, 2.24) is 9.78 Å². The maximum atomic E-state index is 12.4. The molecule has 0 atom stereocenters. The molecule has 0 saturated heterocycles. The molecule has 126 valence electrons. The van der Waals surface area contributed by atoms with E-state index in [2.05, 4.69) is 9.82 Å². The van der Waals surface area contributed by atoms with Gasteiger partial charge in [0.15, 0.2) is 0 Å². The van der Waals surface area contributed by atoms with Gasteiger partial charge in [-0.3, -0.25) is 9.40 Å². The molecule has 0 radical (unpaired) electrons. The van der Waals surface area contributed by atoms with Crippen LogP contribution in [-0.2, 0) is 16.6 Å². The van der Waals surface area contributed by atoms with E-state index in [1.165, 1.54) is 11.3 Å². The Balaban J connectivity index is 1.92. The van der Waals surface area contributed by atoms with E-state index in [-0.39, 0.29) is 4.21 Å². The number of nitrogens with zero attached hydrogens (tertiary/aromatic N) is 2. The van der Waals surface area contributed by atoms with E-state index in [9.17, 15) is 8.42 Å². The van der Waals surface area contributed by atoms with Gasteiger partial charge in [0.2, 0.25) is 0 Å². The number of rotatable bonds is 5. The van der Waals surface area contributed by atoms with Crippen molar-refractivity contribution < 1.29 is 8.42 Å². The Hall–Kier alpha value is -1.83. The molecule has 0 unspecified atom stereocenters. The number of nitrogens with one attached hydrogen (secondary N) is 1. The van der Waals surface area contributed by atoms with Crippen LogP contribution in [0.15, 0.2) is 46.0 Å². The second kappa shape index (κ2) is 6.58. The van der Waals surface area contributed by atoms with Gasteiger partial charge in [0.05, 0.1) is 23.6 Å². The minimum Gasteiger partial charge on any atom is -0.275 e. The van der Waals surface area contributed by atoms with Crippen LogP contribution in [0.4, 0.5) is 5.69 Å². The smallest absolute Gasteiger partial charge is 0.271 e. The number of benzene rings is 1. The van der Waals surface area contributed by atoms with Crippen molar-refractivity contribution >= 4 is 38.6 Å². The van der Waals surface area contributed by atoms with Gasteiger partial charge < -0.3 is 0 Å². The maximum absolute atomic E-state index is 12.4. The Bertz CT molecular complexity index is 963. The summed E-state index contributed by atoms with van der Waals surface area (Å²) < 4.78 is 29.5. The minimum absolute atomic E-state index is 0.278. The minimum atomic E-state index is -3.59. The normalized spacial score (nSPS) is 11.6. The highest BCUT2D eigenvalue weighted by Gasteiger charge is 2.20. The first-order chi connectivity index (χ1) is 11.4. The average molecular weight is 382 g/mol. The van der Waals surface area contributed by atoms with Gasteiger partial charge in [-0.05, 0) is 36.9 Å². The molecule has 8 heteroatoms. The molecule has 3 aromatic rings. The Morgan fingerprint density at radius 1 is 1.21 bits per heavy atom. The summed E-state index contributed by atoms with van der Waals surface area (Å²) in [6, 6.07) is 10.8.